The Morgan fingerprint density at radius 2 is 2.06 bits per heavy atom. The number of thiophene rings is 1. The standard InChI is InChI=1S/C22H23ClN2O7S/c1-4-31-22(28)18-14-7-5-11(2)9-17(14)33-20(18)24-19(26)12(3)32-21(27)15-10-13(23)6-8-16(15)25(29)30/h6,8,10-12H,4-5,7,9H2,1-3H3,(H,24,26)/t11-,12-/m0/s1. The topological polar surface area (TPSA) is 125 Å². The van der Waals surface area contributed by atoms with Crippen LogP contribution in [0.25, 0.3) is 0 Å². The smallest absolute Gasteiger partial charge is 0.345 e. The molecule has 0 aliphatic heterocycles. The number of nitro benzene ring substituents is 1. The number of amides is 1. The molecule has 0 radical (unpaired) electrons. The second-order valence-corrected chi connectivity index (χ2v) is 9.27. The van der Waals surface area contributed by atoms with E-state index in [9.17, 15) is 24.5 Å². The van der Waals surface area contributed by atoms with Crippen LogP contribution in [0.4, 0.5) is 10.7 Å². The van der Waals surface area contributed by atoms with Gasteiger partial charge >= 0.3 is 11.9 Å². The molecule has 0 saturated carbocycles. The molecule has 33 heavy (non-hydrogen) atoms. The summed E-state index contributed by atoms with van der Waals surface area (Å²) < 4.78 is 10.3. The minimum Gasteiger partial charge on any atom is -0.462 e. The summed E-state index contributed by atoms with van der Waals surface area (Å²) in [4.78, 5) is 49.4. The Balaban J connectivity index is 1.80. The lowest BCUT2D eigenvalue weighted by Crippen LogP contribution is -2.30. The van der Waals surface area contributed by atoms with Crippen LogP contribution in [0, 0.1) is 16.0 Å². The van der Waals surface area contributed by atoms with Crippen molar-refractivity contribution in [2.24, 2.45) is 5.92 Å². The Morgan fingerprint density at radius 1 is 1.33 bits per heavy atom. The van der Waals surface area contributed by atoms with Crippen LogP contribution in [0.1, 0.15) is 58.3 Å². The van der Waals surface area contributed by atoms with E-state index >= 15 is 0 Å². The average Bonchev–Trinajstić information content (AvgIpc) is 3.10. The van der Waals surface area contributed by atoms with Gasteiger partial charge in [0.15, 0.2) is 6.10 Å². The summed E-state index contributed by atoms with van der Waals surface area (Å²) in [6.45, 7) is 5.36. The molecule has 2 atom stereocenters. The maximum absolute atomic E-state index is 12.8. The molecule has 1 aliphatic rings. The molecule has 1 aromatic heterocycles. The highest BCUT2D eigenvalue weighted by Gasteiger charge is 2.31. The molecule has 3 rings (SSSR count). The molecule has 0 spiro atoms. The van der Waals surface area contributed by atoms with Gasteiger partial charge in [0.25, 0.3) is 11.6 Å². The van der Waals surface area contributed by atoms with Crippen molar-refractivity contribution in [3.8, 4) is 0 Å². The summed E-state index contributed by atoms with van der Waals surface area (Å²) in [5, 5.41) is 14.3. The van der Waals surface area contributed by atoms with Gasteiger partial charge in [-0.3, -0.25) is 14.9 Å². The van der Waals surface area contributed by atoms with Crippen molar-refractivity contribution in [1.82, 2.24) is 0 Å². The number of carbonyl (C=O) groups is 3. The second-order valence-electron chi connectivity index (χ2n) is 7.73. The SMILES string of the molecule is CCOC(=O)c1c(NC(=O)[C@H](C)OC(=O)c2cc(Cl)ccc2[N+](=O)[O-])sc2c1CC[C@H](C)C2. The van der Waals surface area contributed by atoms with Crippen molar-refractivity contribution in [3.63, 3.8) is 0 Å². The molecule has 176 valence electrons. The predicted octanol–water partition coefficient (Wildman–Crippen LogP) is 4.80. The van der Waals surface area contributed by atoms with E-state index in [0.29, 0.717) is 22.9 Å². The Bertz CT molecular complexity index is 1110. The molecule has 9 nitrogen and oxygen atoms in total. The van der Waals surface area contributed by atoms with Gasteiger partial charge in [-0.15, -0.1) is 11.3 Å². The highest BCUT2D eigenvalue weighted by atomic mass is 35.5. The van der Waals surface area contributed by atoms with Gasteiger partial charge in [-0.05, 0) is 56.7 Å². The molecule has 1 heterocycles. The number of nitro groups is 1. The highest BCUT2D eigenvalue weighted by Crippen LogP contribution is 2.40. The van der Waals surface area contributed by atoms with E-state index in [4.69, 9.17) is 21.1 Å². The Morgan fingerprint density at radius 3 is 2.73 bits per heavy atom. The zero-order valence-electron chi connectivity index (χ0n) is 18.3. The Labute approximate surface area is 199 Å². The fourth-order valence-electron chi connectivity index (χ4n) is 3.58. The van der Waals surface area contributed by atoms with Crippen molar-refractivity contribution >= 4 is 51.5 Å². The number of nitrogens with one attached hydrogen (secondary N) is 1. The average molecular weight is 495 g/mol. The van der Waals surface area contributed by atoms with E-state index in [-0.39, 0.29) is 17.2 Å². The summed E-state index contributed by atoms with van der Waals surface area (Å²) in [6, 6.07) is 3.48. The minimum atomic E-state index is -1.29. The van der Waals surface area contributed by atoms with Gasteiger partial charge in [0, 0.05) is 16.0 Å². The zero-order valence-corrected chi connectivity index (χ0v) is 19.9. The number of nitrogens with zero attached hydrogens (tertiary/aromatic N) is 1. The van der Waals surface area contributed by atoms with E-state index < -0.39 is 34.6 Å². The van der Waals surface area contributed by atoms with Crippen LogP contribution in [0.15, 0.2) is 18.2 Å². The van der Waals surface area contributed by atoms with Crippen LogP contribution in [-0.4, -0.2) is 35.5 Å². The fourth-order valence-corrected chi connectivity index (χ4v) is 5.15. The lowest BCUT2D eigenvalue weighted by atomic mass is 9.88. The van der Waals surface area contributed by atoms with Crippen LogP contribution in [-0.2, 0) is 27.1 Å². The molecule has 0 bridgehead atoms. The van der Waals surface area contributed by atoms with Crippen LogP contribution in [0.3, 0.4) is 0 Å². The number of fused-ring (bicyclic) bond motifs is 1. The van der Waals surface area contributed by atoms with Gasteiger partial charge in [0.2, 0.25) is 0 Å². The zero-order chi connectivity index (χ0) is 24.3. The van der Waals surface area contributed by atoms with Crippen molar-refractivity contribution in [1.29, 1.82) is 0 Å². The summed E-state index contributed by atoms with van der Waals surface area (Å²) in [7, 11) is 0. The van der Waals surface area contributed by atoms with Crippen LogP contribution in [0.2, 0.25) is 5.02 Å². The maximum Gasteiger partial charge on any atom is 0.345 e. The van der Waals surface area contributed by atoms with E-state index in [2.05, 4.69) is 12.2 Å². The number of anilines is 1. The summed E-state index contributed by atoms with van der Waals surface area (Å²) in [5.41, 5.74) is 0.369. The van der Waals surface area contributed by atoms with Gasteiger partial charge in [-0.2, -0.15) is 0 Å². The second kappa shape index (κ2) is 10.3. The lowest BCUT2D eigenvalue weighted by molar-refractivity contribution is -0.385. The van der Waals surface area contributed by atoms with Crippen molar-refractivity contribution in [3.05, 3.63) is 54.9 Å². The van der Waals surface area contributed by atoms with Crippen LogP contribution < -0.4 is 5.32 Å². The largest absolute Gasteiger partial charge is 0.462 e. The van der Waals surface area contributed by atoms with Gasteiger partial charge in [0.1, 0.15) is 10.6 Å². The molecule has 1 amide bonds. The molecule has 0 fully saturated rings. The first-order valence-electron chi connectivity index (χ1n) is 10.4. The van der Waals surface area contributed by atoms with E-state index in [0.717, 1.165) is 35.4 Å². The van der Waals surface area contributed by atoms with Crippen LogP contribution in [0.5, 0.6) is 0 Å². The molecule has 0 saturated heterocycles. The number of hydrogen-bond donors (Lipinski definition) is 1. The van der Waals surface area contributed by atoms with Gasteiger partial charge in [-0.1, -0.05) is 18.5 Å². The van der Waals surface area contributed by atoms with Gasteiger partial charge in [0.05, 0.1) is 17.1 Å². The Kier molecular flexibility index (Phi) is 7.70. The molecule has 1 N–H and O–H groups in total. The first-order valence-corrected chi connectivity index (χ1v) is 11.6. The molecule has 1 aliphatic carbocycles. The summed E-state index contributed by atoms with van der Waals surface area (Å²) in [6.07, 6.45) is 1.14. The highest BCUT2D eigenvalue weighted by molar-refractivity contribution is 7.17. The minimum absolute atomic E-state index is 0.113. The van der Waals surface area contributed by atoms with E-state index in [1.165, 1.54) is 24.3 Å². The number of hydrogen-bond acceptors (Lipinski definition) is 8. The number of halogens is 1. The normalized spacial score (nSPS) is 15.8. The van der Waals surface area contributed by atoms with Crippen molar-refractivity contribution in [2.45, 2.75) is 46.1 Å². The third-order valence-corrected chi connectivity index (χ3v) is 6.66. The van der Waals surface area contributed by atoms with Crippen molar-refractivity contribution in [2.75, 3.05) is 11.9 Å². The molecule has 0 unspecified atom stereocenters. The fraction of sp³-hybridized carbons (Fsp3) is 0.409. The molecular weight excluding hydrogens is 472 g/mol. The quantitative estimate of drug-likeness (QED) is 0.333. The number of ether oxygens (including phenoxy) is 2. The monoisotopic (exact) mass is 494 g/mol. The van der Waals surface area contributed by atoms with Crippen LogP contribution >= 0.6 is 22.9 Å². The van der Waals surface area contributed by atoms with Gasteiger partial charge < -0.3 is 14.8 Å². The number of rotatable bonds is 7. The predicted molar refractivity (Wildman–Crippen MR) is 123 cm³/mol. The van der Waals surface area contributed by atoms with Crippen molar-refractivity contribution < 1.29 is 28.8 Å². The maximum atomic E-state index is 12.8. The molecular formula is C22H23ClN2O7S. The molecule has 1 aromatic carbocycles. The number of esters is 2. The lowest BCUT2D eigenvalue weighted by Gasteiger charge is -2.18. The molecule has 11 heteroatoms. The first-order chi connectivity index (χ1) is 15.6. The number of carbonyl (C=O) groups excluding carboxylic acids is 3. The summed E-state index contributed by atoms with van der Waals surface area (Å²) >= 11 is 7.16. The summed E-state index contributed by atoms with van der Waals surface area (Å²) in [5.74, 6) is -1.79. The Hall–Kier alpha value is -2.98. The molecule has 2 aromatic rings. The van der Waals surface area contributed by atoms with E-state index in [1.54, 1.807) is 6.92 Å². The van der Waals surface area contributed by atoms with E-state index in [1.807, 2.05) is 0 Å². The number of benzene rings is 1. The third kappa shape index (κ3) is 5.51. The van der Waals surface area contributed by atoms with Gasteiger partial charge in [-0.25, -0.2) is 9.59 Å². The third-order valence-electron chi connectivity index (χ3n) is 5.26. The first kappa shape index (κ1) is 24.7.